The average molecular weight is 350 g/mol. The molecule has 2 aromatic rings. The molecule has 0 spiro atoms. The molecule has 0 unspecified atom stereocenters. The summed E-state index contributed by atoms with van der Waals surface area (Å²) in [5.41, 5.74) is 2.22. The molecule has 0 saturated carbocycles. The highest BCUT2D eigenvalue weighted by Crippen LogP contribution is 2.21. The molecule has 0 atom stereocenters. The third-order valence-electron chi connectivity index (χ3n) is 2.00. The van der Waals surface area contributed by atoms with Crippen molar-refractivity contribution in [1.82, 2.24) is 0 Å². The SMILES string of the molecule is Cc1ccc(-c2ccc(Br)cc2)[o+]c1.[O-][Cl+3]([O-])([O-])[O-]. The number of rotatable bonds is 1. The Labute approximate surface area is 120 Å². The topological polar surface area (TPSA) is 104 Å². The quantitative estimate of drug-likeness (QED) is 0.648. The van der Waals surface area contributed by atoms with Crippen molar-refractivity contribution in [2.75, 3.05) is 0 Å². The van der Waals surface area contributed by atoms with Gasteiger partial charge in [-0.2, -0.15) is 0 Å². The lowest BCUT2D eigenvalue weighted by molar-refractivity contribution is -2.00. The summed E-state index contributed by atoms with van der Waals surface area (Å²) in [4.78, 5) is 0. The van der Waals surface area contributed by atoms with Crippen LogP contribution in [0, 0.1) is 17.2 Å². The first-order valence-electron chi connectivity index (χ1n) is 5.02. The summed E-state index contributed by atoms with van der Waals surface area (Å²) in [6.07, 6.45) is 1.76. The Morgan fingerprint density at radius 2 is 1.47 bits per heavy atom. The van der Waals surface area contributed by atoms with Crippen LogP contribution in [-0.2, 0) is 0 Å². The normalized spacial score (nSPS) is 10.6. The van der Waals surface area contributed by atoms with E-state index in [0.717, 1.165) is 21.4 Å². The van der Waals surface area contributed by atoms with Gasteiger partial charge in [0.2, 0.25) is 0 Å². The van der Waals surface area contributed by atoms with E-state index in [9.17, 15) is 0 Å². The highest BCUT2D eigenvalue weighted by Gasteiger charge is 2.09. The number of halogens is 2. The second kappa shape index (κ2) is 6.95. The summed E-state index contributed by atoms with van der Waals surface area (Å²) in [6.45, 7) is 2.01. The molecule has 5 nitrogen and oxygen atoms in total. The first kappa shape index (κ1) is 16.0. The Hall–Kier alpha value is -1.02. The predicted molar refractivity (Wildman–Crippen MR) is 61.0 cm³/mol. The summed E-state index contributed by atoms with van der Waals surface area (Å²) < 4.78 is 40.5. The fourth-order valence-corrected chi connectivity index (χ4v) is 1.48. The Bertz CT molecular complexity index is 458. The van der Waals surface area contributed by atoms with Gasteiger partial charge in [0.25, 0.3) is 0 Å². The summed E-state index contributed by atoms with van der Waals surface area (Å²) in [6, 6.07) is 12.1. The molecule has 19 heavy (non-hydrogen) atoms. The van der Waals surface area contributed by atoms with Crippen molar-refractivity contribution >= 4 is 15.9 Å². The molecule has 0 fully saturated rings. The van der Waals surface area contributed by atoms with Gasteiger partial charge in [-0.1, -0.05) is 15.9 Å². The molecule has 0 aliphatic heterocycles. The zero-order chi connectivity index (χ0) is 14.5. The van der Waals surface area contributed by atoms with Gasteiger partial charge in [0.15, 0.2) is 0 Å². The van der Waals surface area contributed by atoms with Crippen molar-refractivity contribution < 1.29 is 33.3 Å². The van der Waals surface area contributed by atoms with Gasteiger partial charge in [0.1, 0.15) is 0 Å². The largest absolute Gasteiger partial charge is 0.359 e. The first-order chi connectivity index (χ1) is 8.75. The standard InChI is InChI=1S/C12H10BrO.ClHO4/c1-9-2-7-12(14-8-9)10-3-5-11(13)6-4-10;2-1(3,4)5/h2-8H,1H3;(H,2,3,4,5)/q+1;/p-1. The van der Waals surface area contributed by atoms with Crippen LogP contribution < -0.4 is 18.6 Å². The monoisotopic (exact) mass is 348 g/mol. The van der Waals surface area contributed by atoms with Gasteiger partial charge in [-0.15, -0.1) is 10.2 Å². The lowest BCUT2D eigenvalue weighted by Crippen LogP contribution is -2.68. The maximum atomic E-state index is 8.49. The van der Waals surface area contributed by atoms with Crippen molar-refractivity contribution in [2.24, 2.45) is 0 Å². The van der Waals surface area contributed by atoms with Gasteiger partial charge in [0.05, 0.1) is 5.56 Å². The van der Waals surface area contributed by atoms with Gasteiger partial charge in [-0.3, -0.25) is 0 Å². The van der Waals surface area contributed by atoms with Crippen LogP contribution in [0.4, 0.5) is 0 Å². The number of hydrogen-bond donors (Lipinski definition) is 0. The van der Waals surface area contributed by atoms with Crippen molar-refractivity contribution in [3.63, 3.8) is 0 Å². The predicted octanol–water partition coefficient (Wildman–Crippen LogP) is -0.457. The van der Waals surface area contributed by atoms with Gasteiger partial charge < -0.3 is 0 Å². The van der Waals surface area contributed by atoms with E-state index in [1.165, 1.54) is 0 Å². The third-order valence-corrected chi connectivity index (χ3v) is 2.53. The van der Waals surface area contributed by atoms with E-state index in [2.05, 4.69) is 15.9 Å². The minimum Gasteiger partial charge on any atom is -0.222 e. The third kappa shape index (κ3) is 7.22. The van der Waals surface area contributed by atoms with Gasteiger partial charge in [-0.05, 0) is 37.3 Å². The van der Waals surface area contributed by atoms with E-state index in [1.807, 2.05) is 43.3 Å². The zero-order valence-corrected chi connectivity index (χ0v) is 12.2. The fraction of sp³-hybridized carbons (Fsp3) is 0.0833. The molecule has 102 valence electrons. The lowest BCUT2D eigenvalue weighted by Gasteiger charge is -2.17. The van der Waals surface area contributed by atoms with E-state index in [-0.39, 0.29) is 0 Å². The van der Waals surface area contributed by atoms with E-state index in [4.69, 9.17) is 23.1 Å². The summed E-state index contributed by atoms with van der Waals surface area (Å²) in [5.74, 6) is 0.892. The van der Waals surface area contributed by atoms with E-state index in [0.29, 0.717) is 0 Å². The molecule has 1 heterocycles. The lowest BCUT2D eigenvalue weighted by atomic mass is 10.1. The highest BCUT2D eigenvalue weighted by molar-refractivity contribution is 9.10. The molecular formula is C12H10BrClO5. The van der Waals surface area contributed by atoms with Crippen LogP contribution in [0.2, 0.25) is 0 Å². The molecular weight excluding hydrogens is 339 g/mol. The molecule has 0 bridgehead atoms. The Kier molecular flexibility index (Phi) is 5.86. The molecule has 0 amide bonds. The minimum atomic E-state index is -4.94. The van der Waals surface area contributed by atoms with Crippen molar-refractivity contribution in [3.8, 4) is 11.3 Å². The molecule has 0 aliphatic carbocycles. The number of aryl methyl sites for hydroxylation is 1. The molecule has 0 N–H and O–H groups in total. The van der Waals surface area contributed by atoms with Crippen molar-refractivity contribution in [1.29, 1.82) is 0 Å². The zero-order valence-electron chi connectivity index (χ0n) is 9.84. The Balaban J connectivity index is 0.000000312. The second-order valence-corrected chi connectivity index (χ2v) is 5.23. The minimum absolute atomic E-state index is 0.892. The van der Waals surface area contributed by atoms with Crippen LogP contribution in [0.1, 0.15) is 5.56 Å². The van der Waals surface area contributed by atoms with Crippen LogP contribution in [0.5, 0.6) is 0 Å². The molecule has 1 aromatic heterocycles. The molecule has 1 aromatic carbocycles. The van der Waals surface area contributed by atoms with Crippen molar-refractivity contribution in [3.05, 3.63) is 52.7 Å². The van der Waals surface area contributed by atoms with Crippen LogP contribution >= 0.6 is 15.9 Å². The van der Waals surface area contributed by atoms with Crippen LogP contribution in [-0.4, -0.2) is 0 Å². The number of benzene rings is 1. The van der Waals surface area contributed by atoms with Crippen LogP contribution in [0.3, 0.4) is 0 Å². The average Bonchev–Trinajstić information content (AvgIpc) is 2.29. The van der Waals surface area contributed by atoms with E-state index >= 15 is 0 Å². The first-order valence-corrected chi connectivity index (χ1v) is 7.04. The molecule has 0 radical (unpaired) electrons. The van der Waals surface area contributed by atoms with Crippen LogP contribution in [0.15, 0.2) is 51.6 Å². The van der Waals surface area contributed by atoms with Gasteiger partial charge in [-0.25, -0.2) is 23.1 Å². The maximum Gasteiger partial charge on any atom is 0.359 e. The van der Waals surface area contributed by atoms with E-state index in [1.54, 1.807) is 6.26 Å². The second-order valence-electron chi connectivity index (χ2n) is 3.56. The highest BCUT2D eigenvalue weighted by atomic mass is 79.9. The maximum absolute atomic E-state index is 8.49. The number of hydrogen-bond acceptors (Lipinski definition) is 4. The summed E-state index contributed by atoms with van der Waals surface area (Å²) in [5, 5.41) is 0. The Morgan fingerprint density at radius 3 is 1.89 bits per heavy atom. The van der Waals surface area contributed by atoms with E-state index < -0.39 is 10.2 Å². The van der Waals surface area contributed by atoms with Gasteiger partial charge in [0, 0.05) is 16.1 Å². The van der Waals surface area contributed by atoms with Crippen molar-refractivity contribution in [2.45, 2.75) is 6.92 Å². The Morgan fingerprint density at radius 1 is 0.947 bits per heavy atom. The molecule has 7 heteroatoms. The van der Waals surface area contributed by atoms with Gasteiger partial charge >= 0.3 is 12.0 Å². The van der Waals surface area contributed by atoms with Crippen LogP contribution in [0.25, 0.3) is 11.3 Å². The summed E-state index contributed by atoms with van der Waals surface area (Å²) in [7, 11) is -4.94. The molecule has 0 saturated heterocycles. The molecule has 0 aliphatic rings. The molecule has 2 rings (SSSR count). The fourth-order valence-electron chi connectivity index (χ4n) is 1.22. The summed E-state index contributed by atoms with van der Waals surface area (Å²) >= 11 is 3.40. The smallest absolute Gasteiger partial charge is 0.222 e.